The van der Waals surface area contributed by atoms with Gasteiger partial charge in [0.1, 0.15) is 5.78 Å². The molecule has 0 radical (unpaired) electrons. The summed E-state index contributed by atoms with van der Waals surface area (Å²) in [6.07, 6.45) is 1.40. The van der Waals surface area contributed by atoms with E-state index in [1.165, 1.54) is 4.90 Å². The van der Waals surface area contributed by atoms with E-state index in [4.69, 9.17) is 0 Å². The molecule has 0 bridgehead atoms. The zero-order chi connectivity index (χ0) is 17.9. The highest BCUT2D eigenvalue weighted by Gasteiger charge is 2.39. The molecule has 1 aliphatic rings. The Bertz CT molecular complexity index is 634. The minimum Gasteiger partial charge on any atom is -0.299 e. The molecule has 1 aliphatic heterocycles. The zero-order valence-corrected chi connectivity index (χ0v) is 15.0. The molecule has 1 unspecified atom stereocenters. The summed E-state index contributed by atoms with van der Waals surface area (Å²) in [6, 6.07) is 7.87. The highest BCUT2D eigenvalue weighted by molar-refractivity contribution is 6.03. The molecule has 4 nitrogen and oxygen atoms in total. The molecule has 0 saturated carbocycles. The van der Waals surface area contributed by atoms with Crippen LogP contribution in [0.3, 0.4) is 0 Å². The molecular weight excluding hydrogens is 302 g/mol. The number of imide groups is 1. The van der Waals surface area contributed by atoms with Crippen molar-refractivity contribution >= 4 is 17.6 Å². The second-order valence-corrected chi connectivity index (χ2v) is 7.31. The van der Waals surface area contributed by atoms with Crippen molar-refractivity contribution in [2.75, 3.05) is 6.54 Å². The summed E-state index contributed by atoms with van der Waals surface area (Å²) in [5.41, 5.74) is 2.04. The first-order valence-corrected chi connectivity index (χ1v) is 8.74. The molecule has 24 heavy (non-hydrogen) atoms. The van der Waals surface area contributed by atoms with Gasteiger partial charge in [0.05, 0.1) is 0 Å². The molecule has 1 fully saturated rings. The van der Waals surface area contributed by atoms with Gasteiger partial charge in [0.25, 0.3) is 0 Å². The second kappa shape index (κ2) is 7.73. The van der Waals surface area contributed by atoms with Crippen LogP contribution in [0.5, 0.6) is 0 Å². The van der Waals surface area contributed by atoms with E-state index in [0.717, 1.165) is 11.1 Å². The Morgan fingerprint density at radius 2 is 1.83 bits per heavy atom. The van der Waals surface area contributed by atoms with Gasteiger partial charge in [-0.25, -0.2) is 0 Å². The van der Waals surface area contributed by atoms with Gasteiger partial charge in [0.2, 0.25) is 11.8 Å². The van der Waals surface area contributed by atoms with Crippen molar-refractivity contribution in [3.63, 3.8) is 0 Å². The number of carbonyl (C=O) groups is 3. The fourth-order valence-corrected chi connectivity index (χ4v) is 3.01. The van der Waals surface area contributed by atoms with E-state index in [1.54, 1.807) is 0 Å². The van der Waals surface area contributed by atoms with E-state index in [-0.39, 0.29) is 35.4 Å². The van der Waals surface area contributed by atoms with Crippen molar-refractivity contribution in [1.82, 2.24) is 4.90 Å². The molecule has 1 saturated heterocycles. The van der Waals surface area contributed by atoms with Gasteiger partial charge in [-0.05, 0) is 23.5 Å². The first-order chi connectivity index (χ1) is 11.3. The SMILES string of the molecule is CC(C)C(=O)Cc1cccc(CCN2C(=O)CC(C(C)C)C2=O)c1. The van der Waals surface area contributed by atoms with Gasteiger partial charge in [-0.15, -0.1) is 0 Å². The third-order valence-electron chi connectivity index (χ3n) is 4.72. The molecule has 2 amide bonds. The number of rotatable bonds is 7. The van der Waals surface area contributed by atoms with Crippen LogP contribution >= 0.6 is 0 Å². The van der Waals surface area contributed by atoms with Gasteiger partial charge in [-0.1, -0.05) is 52.0 Å². The highest BCUT2D eigenvalue weighted by Crippen LogP contribution is 2.26. The van der Waals surface area contributed by atoms with E-state index in [9.17, 15) is 14.4 Å². The number of nitrogens with zero attached hydrogens (tertiary/aromatic N) is 1. The van der Waals surface area contributed by atoms with Gasteiger partial charge in [0, 0.05) is 31.2 Å². The number of hydrogen-bond donors (Lipinski definition) is 0. The Kier molecular flexibility index (Phi) is 5.92. The average Bonchev–Trinajstić information content (AvgIpc) is 2.80. The minimum atomic E-state index is -0.174. The topological polar surface area (TPSA) is 54.5 Å². The predicted molar refractivity (Wildman–Crippen MR) is 93.4 cm³/mol. The van der Waals surface area contributed by atoms with Crippen molar-refractivity contribution in [3.8, 4) is 0 Å². The molecule has 0 N–H and O–H groups in total. The van der Waals surface area contributed by atoms with Crippen LogP contribution in [0.25, 0.3) is 0 Å². The lowest BCUT2D eigenvalue weighted by Gasteiger charge is -2.16. The van der Waals surface area contributed by atoms with Crippen molar-refractivity contribution in [2.24, 2.45) is 17.8 Å². The minimum absolute atomic E-state index is 0.0291. The van der Waals surface area contributed by atoms with E-state index in [1.807, 2.05) is 52.0 Å². The second-order valence-electron chi connectivity index (χ2n) is 7.31. The van der Waals surface area contributed by atoms with Crippen LogP contribution in [0.1, 0.15) is 45.2 Å². The fraction of sp³-hybridized carbons (Fsp3) is 0.550. The summed E-state index contributed by atoms with van der Waals surface area (Å²) >= 11 is 0. The van der Waals surface area contributed by atoms with Crippen LogP contribution in [0, 0.1) is 17.8 Å². The lowest BCUT2D eigenvalue weighted by atomic mass is 9.94. The number of carbonyl (C=O) groups excluding carboxylic acids is 3. The number of ketones is 1. The summed E-state index contributed by atoms with van der Waals surface area (Å²) in [4.78, 5) is 37.7. The first kappa shape index (κ1) is 18.4. The van der Waals surface area contributed by atoms with Crippen LogP contribution in [0.4, 0.5) is 0 Å². The fourth-order valence-electron chi connectivity index (χ4n) is 3.01. The Labute approximate surface area is 144 Å². The number of benzene rings is 1. The molecule has 1 aromatic carbocycles. The van der Waals surface area contributed by atoms with E-state index in [2.05, 4.69) is 0 Å². The zero-order valence-electron chi connectivity index (χ0n) is 15.0. The van der Waals surface area contributed by atoms with Crippen molar-refractivity contribution in [2.45, 2.75) is 47.0 Å². The number of amides is 2. The van der Waals surface area contributed by atoms with Crippen molar-refractivity contribution in [3.05, 3.63) is 35.4 Å². The largest absolute Gasteiger partial charge is 0.299 e. The van der Waals surface area contributed by atoms with Crippen LogP contribution in [0.2, 0.25) is 0 Å². The normalized spacial score (nSPS) is 18.1. The number of hydrogen-bond acceptors (Lipinski definition) is 3. The molecule has 0 spiro atoms. The first-order valence-electron chi connectivity index (χ1n) is 8.74. The lowest BCUT2D eigenvalue weighted by Crippen LogP contribution is -2.33. The van der Waals surface area contributed by atoms with Crippen LogP contribution in [-0.2, 0) is 27.2 Å². The maximum absolute atomic E-state index is 12.3. The molecule has 0 aromatic heterocycles. The van der Waals surface area contributed by atoms with E-state index in [0.29, 0.717) is 25.8 Å². The monoisotopic (exact) mass is 329 g/mol. The molecular formula is C20H27NO3. The third-order valence-corrected chi connectivity index (χ3v) is 4.72. The summed E-state index contributed by atoms with van der Waals surface area (Å²) < 4.78 is 0. The van der Waals surface area contributed by atoms with Crippen molar-refractivity contribution < 1.29 is 14.4 Å². The summed E-state index contributed by atoms with van der Waals surface area (Å²) in [5, 5.41) is 0. The molecule has 0 aliphatic carbocycles. The average molecular weight is 329 g/mol. The lowest BCUT2D eigenvalue weighted by molar-refractivity contribution is -0.139. The van der Waals surface area contributed by atoms with Crippen LogP contribution in [0.15, 0.2) is 24.3 Å². The molecule has 1 aromatic rings. The molecule has 130 valence electrons. The highest BCUT2D eigenvalue weighted by atomic mass is 16.2. The molecule has 4 heteroatoms. The number of likely N-dealkylation sites (tertiary alicyclic amines) is 1. The third kappa shape index (κ3) is 4.31. The van der Waals surface area contributed by atoms with Gasteiger partial charge in [-0.3, -0.25) is 19.3 Å². The molecule has 1 atom stereocenters. The summed E-state index contributed by atoms with van der Waals surface area (Å²) in [5.74, 6) is 0.161. The molecule has 2 rings (SSSR count). The molecule has 1 heterocycles. The van der Waals surface area contributed by atoms with Gasteiger partial charge < -0.3 is 0 Å². The predicted octanol–water partition coefficient (Wildman–Crippen LogP) is 3.03. The van der Waals surface area contributed by atoms with Crippen LogP contribution in [-0.4, -0.2) is 29.0 Å². The Balaban J connectivity index is 1.98. The Morgan fingerprint density at radius 3 is 2.42 bits per heavy atom. The Morgan fingerprint density at radius 1 is 1.17 bits per heavy atom. The van der Waals surface area contributed by atoms with E-state index >= 15 is 0 Å². The smallest absolute Gasteiger partial charge is 0.233 e. The van der Waals surface area contributed by atoms with Crippen molar-refractivity contribution in [1.29, 1.82) is 0 Å². The van der Waals surface area contributed by atoms with E-state index < -0.39 is 0 Å². The summed E-state index contributed by atoms with van der Waals surface area (Å²) in [7, 11) is 0. The summed E-state index contributed by atoms with van der Waals surface area (Å²) in [6.45, 7) is 8.19. The Hall–Kier alpha value is -1.97. The van der Waals surface area contributed by atoms with Crippen LogP contribution < -0.4 is 0 Å². The maximum Gasteiger partial charge on any atom is 0.233 e. The van der Waals surface area contributed by atoms with Gasteiger partial charge in [-0.2, -0.15) is 0 Å². The van der Waals surface area contributed by atoms with Gasteiger partial charge >= 0.3 is 0 Å². The maximum atomic E-state index is 12.3. The standard InChI is InChI=1S/C20H27NO3/c1-13(2)17-12-19(23)21(20(17)24)9-8-15-6-5-7-16(10-15)11-18(22)14(3)4/h5-7,10,13-14,17H,8-9,11-12H2,1-4H3. The van der Waals surface area contributed by atoms with Gasteiger partial charge in [0.15, 0.2) is 0 Å². The quantitative estimate of drug-likeness (QED) is 0.723. The number of Topliss-reactive ketones (excluding diaryl/α,β-unsaturated/α-hetero) is 1.